The number of Topliss-reactive ketones (excluding diaryl/α,β-unsaturated/α-hetero) is 2. The van der Waals surface area contributed by atoms with Gasteiger partial charge in [0.25, 0.3) is 0 Å². The van der Waals surface area contributed by atoms with Gasteiger partial charge in [0, 0.05) is 37.0 Å². The van der Waals surface area contributed by atoms with E-state index >= 15 is 0 Å². The summed E-state index contributed by atoms with van der Waals surface area (Å²) in [6.45, 7) is 7.43. The molecule has 0 spiro atoms. The maximum atomic E-state index is 13.8. The van der Waals surface area contributed by atoms with Crippen molar-refractivity contribution >= 4 is 34.4 Å². The average Bonchev–Trinajstić information content (AvgIpc) is 3.44. The predicted molar refractivity (Wildman–Crippen MR) is 158 cm³/mol. The number of thioether (sulfide) groups is 1. The Balaban J connectivity index is 1.81. The maximum absolute atomic E-state index is 13.8. The minimum Gasteiger partial charge on any atom is -0.377 e. The second-order valence-corrected chi connectivity index (χ2v) is 12.3. The van der Waals surface area contributed by atoms with E-state index in [0.717, 1.165) is 42.2 Å². The summed E-state index contributed by atoms with van der Waals surface area (Å²) in [6, 6.07) is 9.74. The molecule has 2 aliphatic rings. The van der Waals surface area contributed by atoms with Crippen molar-refractivity contribution in [3.05, 3.63) is 48.0 Å². The lowest BCUT2D eigenvalue weighted by atomic mass is 9.82. The number of carbonyl (C=O) groups excluding carboxylic acids is 4. The SMILES string of the molecule is C=C1COCCOCCNC(=O)[C@@H](CC(C)=O)CSC(=O)[C@H](Cc2ccccc2)CC(=O)[C@H](CC2CCCC2)C1. The number of benzene rings is 1. The molecule has 1 N–H and O–H groups in total. The molecule has 1 saturated carbocycles. The number of rotatable bonds is 6. The Hall–Kier alpha value is -2.29. The number of hydrogen-bond acceptors (Lipinski definition) is 7. The fourth-order valence-electron chi connectivity index (χ4n) is 5.63. The zero-order chi connectivity index (χ0) is 28.7. The summed E-state index contributed by atoms with van der Waals surface area (Å²) in [5.74, 6) is -0.868. The van der Waals surface area contributed by atoms with Gasteiger partial charge < -0.3 is 19.6 Å². The average molecular weight is 572 g/mol. The Labute approximate surface area is 243 Å². The van der Waals surface area contributed by atoms with Gasteiger partial charge in [0.1, 0.15) is 11.6 Å². The first-order valence-corrected chi connectivity index (χ1v) is 15.6. The molecule has 1 amide bonds. The van der Waals surface area contributed by atoms with Crippen molar-refractivity contribution in [3.8, 4) is 0 Å². The van der Waals surface area contributed by atoms with Crippen LogP contribution in [0.2, 0.25) is 0 Å². The zero-order valence-electron chi connectivity index (χ0n) is 23.9. The van der Waals surface area contributed by atoms with Crippen molar-refractivity contribution in [2.45, 2.75) is 64.7 Å². The summed E-state index contributed by atoms with van der Waals surface area (Å²) in [4.78, 5) is 52.1. The molecular formula is C32H45NO6S. The Bertz CT molecular complexity index is 990. The van der Waals surface area contributed by atoms with E-state index in [-0.39, 0.29) is 47.1 Å². The van der Waals surface area contributed by atoms with Crippen molar-refractivity contribution in [1.82, 2.24) is 5.32 Å². The molecule has 0 unspecified atom stereocenters. The summed E-state index contributed by atoms with van der Waals surface area (Å²) < 4.78 is 11.3. The van der Waals surface area contributed by atoms with Gasteiger partial charge in [-0.1, -0.05) is 79.9 Å². The second-order valence-electron chi connectivity index (χ2n) is 11.3. The van der Waals surface area contributed by atoms with E-state index < -0.39 is 11.8 Å². The van der Waals surface area contributed by atoms with E-state index in [4.69, 9.17) is 9.47 Å². The molecule has 0 radical (unpaired) electrons. The highest BCUT2D eigenvalue weighted by molar-refractivity contribution is 8.13. The van der Waals surface area contributed by atoms with Crippen LogP contribution < -0.4 is 5.32 Å². The molecule has 3 atom stereocenters. The van der Waals surface area contributed by atoms with E-state index in [9.17, 15) is 19.2 Å². The molecule has 7 nitrogen and oxygen atoms in total. The predicted octanol–water partition coefficient (Wildman–Crippen LogP) is 4.97. The van der Waals surface area contributed by atoms with E-state index in [2.05, 4.69) is 11.9 Å². The third kappa shape index (κ3) is 11.7. The maximum Gasteiger partial charge on any atom is 0.224 e. The zero-order valence-corrected chi connectivity index (χ0v) is 24.7. The van der Waals surface area contributed by atoms with Gasteiger partial charge in [0.2, 0.25) is 5.91 Å². The Morgan fingerprint density at radius 3 is 2.42 bits per heavy atom. The van der Waals surface area contributed by atoms with Crippen LogP contribution in [0.25, 0.3) is 0 Å². The molecule has 1 heterocycles. The molecule has 0 bridgehead atoms. The second kappa shape index (κ2) is 17.5. The van der Waals surface area contributed by atoms with Crippen LogP contribution in [0.3, 0.4) is 0 Å². The van der Waals surface area contributed by atoms with Crippen LogP contribution in [-0.4, -0.2) is 61.3 Å². The number of nitrogens with one attached hydrogen (secondary N) is 1. The van der Waals surface area contributed by atoms with Crippen LogP contribution in [0.4, 0.5) is 0 Å². The van der Waals surface area contributed by atoms with Gasteiger partial charge in [-0.2, -0.15) is 0 Å². The topological polar surface area (TPSA) is 98.8 Å². The smallest absolute Gasteiger partial charge is 0.224 e. The number of ketones is 2. The summed E-state index contributed by atoms with van der Waals surface area (Å²) in [7, 11) is 0. The highest BCUT2D eigenvalue weighted by Gasteiger charge is 2.31. The number of carbonyl (C=O) groups is 4. The lowest BCUT2D eigenvalue weighted by Gasteiger charge is -2.23. The van der Waals surface area contributed by atoms with Crippen LogP contribution in [0.1, 0.15) is 63.9 Å². The van der Waals surface area contributed by atoms with Crippen molar-refractivity contribution in [2.24, 2.45) is 23.7 Å². The monoisotopic (exact) mass is 571 g/mol. The summed E-state index contributed by atoms with van der Waals surface area (Å²) >= 11 is 1.07. The number of ether oxygens (including phenoxy) is 2. The molecule has 1 aromatic carbocycles. The molecule has 0 aromatic heterocycles. The van der Waals surface area contributed by atoms with Gasteiger partial charge in [-0.15, -0.1) is 0 Å². The molecule has 1 aliphatic carbocycles. The largest absolute Gasteiger partial charge is 0.377 e. The van der Waals surface area contributed by atoms with E-state index in [1.54, 1.807) is 0 Å². The molecule has 220 valence electrons. The standard InChI is InChI=1S/C32H45NO6S/c1-23-16-27(18-25-10-6-7-11-25)30(35)20-28(19-26-8-4-3-5-9-26)32(37)40-22-29(17-24(2)34)31(36)33-12-13-38-14-15-39-21-23/h3-5,8-9,25,27-29H,1,6-7,10-22H2,2H3,(H,33,36)/t27-,28+,29-/m0/s1. The lowest BCUT2D eigenvalue weighted by molar-refractivity contribution is -0.128. The summed E-state index contributed by atoms with van der Waals surface area (Å²) in [6.07, 6.45) is 6.76. The molecule has 8 heteroatoms. The molecule has 2 fully saturated rings. The van der Waals surface area contributed by atoms with Crippen LogP contribution in [0, 0.1) is 23.7 Å². The summed E-state index contributed by atoms with van der Waals surface area (Å²) in [5.41, 5.74) is 1.88. The minimum atomic E-state index is -0.622. The van der Waals surface area contributed by atoms with Gasteiger partial charge in [0.05, 0.1) is 32.3 Å². The fraction of sp³-hybridized carbons (Fsp3) is 0.625. The fourth-order valence-corrected chi connectivity index (χ4v) is 6.67. The highest BCUT2D eigenvalue weighted by atomic mass is 32.2. The normalized spacial score (nSPS) is 25.6. The van der Waals surface area contributed by atoms with Crippen molar-refractivity contribution < 1.29 is 28.7 Å². The Morgan fingerprint density at radius 1 is 0.975 bits per heavy atom. The first-order valence-electron chi connectivity index (χ1n) is 14.6. The minimum absolute atomic E-state index is 0.0642. The van der Waals surface area contributed by atoms with Crippen molar-refractivity contribution in [2.75, 3.05) is 38.7 Å². The Kier molecular flexibility index (Phi) is 14.1. The Morgan fingerprint density at radius 2 is 1.70 bits per heavy atom. The van der Waals surface area contributed by atoms with Crippen LogP contribution >= 0.6 is 11.8 Å². The molecule has 3 rings (SSSR count). The first-order chi connectivity index (χ1) is 19.3. The molecule has 1 saturated heterocycles. The van der Waals surface area contributed by atoms with Crippen LogP contribution in [0.5, 0.6) is 0 Å². The third-order valence-electron chi connectivity index (χ3n) is 7.74. The van der Waals surface area contributed by atoms with Gasteiger partial charge in [0.15, 0.2) is 5.12 Å². The quantitative estimate of drug-likeness (QED) is 0.482. The van der Waals surface area contributed by atoms with Crippen LogP contribution in [0.15, 0.2) is 42.5 Å². The van der Waals surface area contributed by atoms with Gasteiger partial charge in [-0.05, 0) is 37.7 Å². The van der Waals surface area contributed by atoms with E-state index in [0.29, 0.717) is 51.7 Å². The van der Waals surface area contributed by atoms with Gasteiger partial charge in [-0.3, -0.25) is 14.4 Å². The number of hydrogen-bond donors (Lipinski definition) is 1. The van der Waals surface area contributed by atoms with E-state index in [1.807, 2.05) is 30.3 Å². The molecule has 40 heavy (non-hydrogen) atoms. The van der Waals surface area contributed by atoms with Crippen LogP contribution in [-0.2, 0) is 35.1 Å². The van der Waals surface area contributed by atoms with Crippen molar-refractivity contribution in [3.63, 3.8) is 0 Å². The summed E-state index contributed by atoms with van der Waals surface area (Å²) in [5, 5.41) is 2.71. The molecule has 1 aliphatic heterocycles. The highest BCUT2D eigenvalue weighted by Crippen LogP contribution is 2.34. The molecule has 1 aromatic rings. The van der Waals surface area contributed by atoms with E-state index in [1.165, 1.54) is 19.8 Å². The van der Waals surface area contributed by atoms with Crippen molar-refractivity contribution in [1.29, 1.82) is 0 Å². The first kappa shape index (κ1) is 32.2. The van der Waals surface area contributed by atoms with Gasteiger partial charge in [-0.25, -0.2) is 0 Å². The lowest BCUT2D eigenvalue weighted by Crippen LogP contribution is -2.36. The molecular weight excluding hydrogens is 526 g/mol. The third-order valence-corrected chi connectivity index (χ3v) is 8.93. The van der Waals surface area contributed by atoms with Gasteiger partial charge >= 0.3 is 0 Å². The number of amides is 1.